The molecule has 0 aromatic heterocycles. The van der Waals surface area contributed by atoms with Gasteiger partial charge in [0.1, 0.15) is 5.75 Å². The summed E-state index contributed by atoms with van der Waals surface area (Å²) < 4.78 is 5.29. The Labute approximate surface area is 102 Å². The lowest BCUT2D eigenvalue weighted by Crippen LogP contribution is -2.35. The zero-order valence-electron chi connectivity index (χ0n) is 10.1. The van der Waals surface area contributed by atoms with E-state index >= 15 is 0 Å². The van der Waals surface area contributed by atoms with Crippen LogP contribution in [0.25, 0.3) is 0 Å². The van der Waals surface area contributed by atoms with Crippen LogP contribution in [0.4, 0.5) is 5.69 Å². The van der Waals surface area contributed by atoms with Gasteiger partial charge in [-0.2, -0.15) is 0 Å². The molecule has 90 valence electrons. The molecule has 1 aliphatic heterocycles. The molecule has 17 heavy (non-hydrogen) atoms. The van der Waals surface area contributed by atoms with Gasteiger partial charge in [-0.15, -0.1) is 0 Å². The zero-order valence-corrected chi connectivity index (χ0v) is 10.1. The molecule has 0 bridgehead atoms. The Morgan fingerprint density at radius 3 is 3.06 bits per heavy atom. The van der Waals surface area contributed by atoms with E-state index in [1.54, 1.807) is 4.90 Å². The molecular weight excluding hydrogens is 214 g/mol. The molecule has 1 aromatic rings. The second-order valence-corrected chi connectivity index (χ2v) is 4.15. The van der Waals surface area contributed by atoms with E-state index in [1.165, 1.54) is 0 Å². The van der Waals surface area contributed by atoms with Crippen molar-refractivity contribution in [1.29, 1.82) is 0 Å². The van der Waals surface area contributed by atoms with Crippen molar-refractivity contribution in [3.05, 3.63) is 30.9 Å². The predicted octanol–water partition coefficient (Wildman–Crippen LogP) is 3.03. The topological polar surface area (TPSA) is 29.5 Å². The lowest BCUT2D eigenvalue weighted by atomic mass is 10.1. The van der Waals surface area contributed by atoms with E-state index in [0.717, 1.165) is 24.9 Å². The fourth-order valence-electron chi connectivity index (χ4n) is 1.91. The standard InChI is InChI=1S/C14H17NO2/c1-2-3-4-9-14(16)15-10-11-17-13-8-6-5-7-12(13)15/h5-8H,2-4,9-10H2,1H3. The molecule has 2 radical (unpaired) electrons. The quantitative estimate of drug-likeness (QED) is 0.745. The minimum atomic E-state index is 0.154. The number of hydrogen-bond acceptors (Lipinski definition) is 2. The molecule has 0 aliphatic carbocycles. The second-order valence-electron chi connectivity index (χ2n) is 4.15. The van der Waals surface area contributed by atoms with Gasteiger partial charge in [-0.3, -0.25) is 4.79 Å². The Morgan fingerprint density at radius 2 is 2.24 bits per heavy atom. The number of fused-ring (bicyclic) bond motifs is 1. The van der Waals surface area contributed by atoms with Crippen molar-refractivity contribution in [2.45, 2.75) is 32.6 Å². The van der Waals surface area contributed by atoms with E-state index < -0.39 is 0 Å². The van der Waals surface area contributed by atoms with E-state index in [2.05, 4.69) is 13.5 Å². The van der Waals surface area contributed by atoms with Gasteiger partial charge in [0.25, 0.3) is 0 Å². The Balaban J connectivity index is 2.05. The fraction of sp³-hybridized carbons (Fsp3) is 0.429. The van der Waals surface area contributed by atoms with Crippen molar-refractivity contribution >= 4 is 11.6 Å². The first-order valence-corrected chi connectivity index (χ1v) is 6.12. The molecule has 0 N–H and O–H groups in total. The number of para-hydroxylation sites is 2. The zero-order chi connectivity index (χ0) is 12.1. The number of benzene rings is 1. The summed E-state index contributed by atoms with van der Waals surface area (Å²) in [5.74, 6) is 0.865. The van der Waals surface area contributed by atoms with Crippen LogP contribution in [0.1, 0.15) is 32.6 Å². The predicted molar refractivity (Wildman–Crippen MR) is 66.8 cm³/mol. The summed E-state index contributed by atoms with van der Waals surface area (Å²) in [5, 5.41) is 0. The van der Waals surface area contributed by atoms with E-state index in [0.29, 0.717) is 18.7 Å². The van der Waals surface area contributed by atoms with E-state index in [1.807, 2.05) is 24.3 Å². The number of nitrogens with zero attached hydrogens (tertiary/aromatic N) is 1. The highest BCUT2D eigenvalue weighted by atomic mass is 16.5. The van der Waals surface area contributed by atoms with Crippen LogP contribution in [-0.2, 0) is 4.79 Å². The van der Waals surface area contributed by atoms with Gasteiger partial charge in [-0.25, -0.2) is 0 Å². The maximum Gasteiger partial charge on any atom is 0.227 e. The number of amides is 1. The average Bonchev–Trinajstić information content (AvgIpc) is 2.38. The van der Waals surface area contributed by atoms with Crippen LogP contribution in [0.5, 0.6) is 5.75 Å². The Kier molecular flexibility index (Phi) is 4.02. The third kappa shape index (κ3) is 2.78. The number of ether oxygens (including phenoxy) is 1. The monoisotopic (exact) mass is 231 g/mol. The Morgan fingerprint density at radius 1 is 1.41 bits per heavy atom. The minimum absolute atomic E-state index is 0.154. The van der Waals surface area contributed by atoms with E-state index in [-0.39, 0.29) is 5.91 Å². The number of hydrogen-bond donors (Lipinski definition) is 0. The van der Waals surface area contributed by atoms with Gasteiger partial charge < -0.3 is 9.64 Å². The summed E-state index contributed by atoms with van der Waals surface area (Å²) in [7, 11) is 0. The molecule has 0 spiro atoms. The van der Waals surface area contributed by atoms with Crippen LogP contribution in [0.15, 0.2) is 24.3 Å². The van der Waals surface area contributed by atoms with Gasteiger partial charge in [0.05, 0.1) is 12.2 Å². The summed E-state index contributed by atoms with van der Waals surface area (Å²) in [6.45, 7) is 5.32. The Bertz CT molecular complexity index is 390. The normalized spacial score (nSPS) is 14.1. The first-order chi connectivity index (χ1) is 8.33. The molecule has 1 aliphatic rings. The van der Waals surface area contributed by atoms with Crippen molar-refractivity contribution < 1.29 is 9.53 Å². The first kappa shape index (κ1) is 12.0. The SMILES string of the molecule is CCCCCC(=O)N1C[C]Oc2ccccc21. The van der Waals surface area contributed by atoms with Crippen LogP contribution < -0.4 is 9.64 Å². The van der Waals surface area contributed by atoms with Gasteiger partial charge in [0.15, 0.2) is 0 Å². The van der Waals surface area contributed by atoms with Crippen molar-refractivity contribution in [2.24, 2.45) is 0 Å². The summed E-state index contributed by atoms with van der Waals surface area (Å²) in [6.07, 6.45) is 3.79. The van der Waals surface area contributed by atoms with Gasteiger partial charge in [-0.05, 0) is 18.6 Å². The Hall–Kier alpha value is -1.51. The minimum Gasteiger partial charge on any atom is -0.474 e. The van der Waals surface area contributed by atoms with Crippen molar-refractivity contribution in [3.8, 4) is 5.75 Å². The molecule has 0 unspecified atom stereocenters. The van der Waals surface area contributed by atoms with Crippen molar-refractivity contribution in [3.63, 3.8) is 0 Å². The lowest BCUT2D eigenvalue weighted by Gasteiger charge is -2.28. The van der Waals surface area contributed by atoms with Crippen LogP contribution in [-0.4, -0.2) is 12.5 Å². The number of rotatable bonds is 4. The molecule has 0 atom stereocenters. The molecular formula is C14H17NO2. The van der Waals surface area contributed by atoms with Gasteiger partial charge in [0, 0.05) is 6.42 Å². The smallest absolute Gasteiger partial charge is 0.227 e. The average molecular weight is 231 g/mol. The second kappa shape index (κ2) is 5.71. The molecule has 1 amide bonds. The molecule has 0 saturated heterocycles. The summed E-state index contributed by atoms with van der Waals surface area (Å²) in [6, 6.07) is 7.58. The largest absolute Gasteiger partial charge is 0.474 e. The number of anilines is 1. The molecule has 2 rings (SSSR count). The molecule has 3 nitrogen and oxygen atoms in total. The highest BCUT2D eigenvalue weighted by Gasteiger charge is 2.23. The molecule has 3 heteroatoms. The third-order valence-corrected chi connectivity index (χ3v) is 2.86. The van der Waals surface area contributed by atoms with Gasteiger partial charge in [-0.1, -0.05) is 31.9 Å². The van der Waals surface area contributed by atoms with Gasteiger partial charge >= 0.3 is 0 Å². The van der Waals surface area contributed by atoms with E-state index in [9.17, 15) is 4.79 Å². The van der Waals surface area contributed by atoms with Crippen molar-refractivity contribution in [1.82, 2.24) is 0 Å². The van der Waals surface area contributed by atoms with Gasteiger partial charge in [0.2, 0.25) is 12.5 Å². The third-order valence-electron chi connectivity index (χ3n) is 2.86. The summed E-state index contributed by atoms with van der Waals surface area (Å²) >= 11 is 0. The first-order valence-electron chi connectivity index (χ1n) is 6.12. The van der Waals surface area contributed by atoms with Crippen LogP contribution >= 0.6 is 0 Å². The highest BCUT2D eigenvalue weighted by molar-refractivity contribution is 5.95. The van der Waals surface area contributed by atoms with Crippen LogP contribution in [0, 0.1) is 6.61 Å². The summed E-state index contributed by atoms with van der Waals surface area (Å²) in [5.41, 5.74) is 0.854. The van der Waals surface area contributed by atoms with Crippen LogP contribution in [0.3, 0.4) is 0 Å². The maximum atomic E-state index is 12.1. The van der Waals surface area contributed by atoms with Crippen molar-refractivity contribution in [2.75, 3.05) is 11.4 Å². The number of unbranched alkanes of at least 4 members (excludes halogenated alkanes) is 2. The molecule has 0 fully saturated rings. The molecule has 1 heterocycles. The lowest BCUT2D eigenvalue weighted by molar-refractivity contribution is -0.118. The summed E-state index contributed by atoms with van der Waals surface area (Å²) in [4.78, 5) is 13.8. The van der Waals surface area contributed by atoms with Crippen LogP contribution in [0.2, 0.25) is 0 Å². The van der Waals surface area contributed by atoms with E-state index in [4.69, 9.17) is 4.74 Å². The number of carbonyl (C=O) groups is 1. The highest BCUT2D eigenvalue weighted by Crippen LogP contribution is 2.32. The molecule has 1 aromatic carbocycles. The fourth-order valence-corrected chi connectivity index (χ4v) is 1.91. The molecule has 0 saturated carbocycles. The number of carbonyl (C=O) groups excluding carboxylic acids is 1. The maximum absolute atomic E-state index is 12.1.